The van der Waals surface area contributed by atoms with Crippen LogP contribution in [-0.4, -0.2) is 30.7 Å². The molecule has 1 atom stereocenters. The third-order valence-electron chi connectivity index (χ3n) is 2.19. The van der Waals surface area contributed by atoms with Crippen molar-refractivity contribution in [1.82, 2.24) is 5.32 Å². The van der Waals surface area contributed by atoms with Gasteiger partial charge in [-0.25, -0.2) is 0 Å². The molecular weight excluding hydrogens is 230 g/mol. The van der Waals surface area contributed by atoms with Crippen LogP contribution in [0.15, 0.2) is 0 Å². The lowest BCUT2D eigenvalue weighted by atomic mass is 9.94. The van der Waals surface area contributed by atoms with E-state index in [1.165, 1.54) is 0 Å². The SMILES string of the molecule is CC(C)C(CS(=O)(=O)O)NC(=O)C(C)(C)C. The van der Waals surface area contributed by atoms with Crippen molar-refractivity contribution >= 4 is 16.0 Å². The van der Waals surface area contributed by atoms with Gasteiger partial charge in [0.2, 0.25) is 5.91 Å². The molecule has 0 spiro atoms. The molecule has 0 radical (unpaired) electrons. The Balaban J connectivity index is 4.66. The van der Waals surface area contributed by atoms with Crippen LogP contribution in [0.1, 0.15) is 34.6 Å². The molecule has 6 heteroatoms. The maximum atomic E-state index is 11.7. The maximum Gasteiger partial charge on any atom is 0.266 e. The minimum absolute atomic E-state index is 0.0618. The summed E-state index contributed by atoms with van der Waals surface area (Å²) in [5.41, 5.74) is -0.577. The first-order valence-electron chi connectivity index (χ1n) is 5.19. The highest BCUT2D eigenvalue weighted by Gasteiger charge is 2.27. The minimum atomic E-state index is -4.07. The van der Waals surface area contributed by atoms with E-state index in [9.17, 15) is 13.2 Å². The molecule has 1 amide bonds. The van der Waals surface area contributed by atoms with E-state index in [-0.39, 0.29) is 11.8 Å². The molecule has 0 aliphatic carbocycles. The molecule has 0 aromatic rings. The van der Waals surface area contributed by atoms with Crippen molar-refractivity contribution in [2.75, 3.05) is 5.75 Å². The molecule has 0 rings (SSSR count). The molecule has 0 aliphatic heterocycles. The van der Waals surface area contributed by atoms with Crippen molar-refractivity contribution in [2.24, 2.45) is 11.3 Å². The van der Waals surface area contributed by atoms with Gasteiger partial charge in [-0.15, -0.1) is 0 Å². The van der Waals surface area contributed by atoms with Gasteiger partial charge in [0.15, 0.2) is 0 Å². The molecule has 2 N–H and O–H groups in total. The van der Waals surface area contributed by atoms with E-state index in [1.54, 1.807) is 34.6 Å². The van der Waals surface area contributed by atoms with E-state index in [1.807, 2.05) is 0 Å². The van der Waals surface area contributed by atoms with E-state index in [0.717, 1.165) is 0 Å². The number of rotatable bonds is 4. The Morgan fingerprint density at radius 2 is 1.75 bits per heavy atom. The predicted octanol–water partition coefficient (Wildman–Crippen LogP) is 1.06. The van der Waals surface area contributed by atoms with Crippen molar-refractivity contribution in [1.29, 1.82) is 0 Å². The van der Waals surface area contributed by atoms with Crippen LogP contribution in [0, 0.1) is 11.3 Å². The van der Waals surface area contributed by atoms with Crippen LogP contribution in [-0.2, 0) is 14.9 Å². The van der Waals surface area contributed by atoms with Crippen LogP contribution in [0.2, 0.25) is 0 Å². The third-order valence-corrected chi connectivity index (χ3v) is 2.97. The highest BCUT2D eigenvalue weighted by molar-refractivity contribution is 7.85. The van der Waals surface area contributed by atoms with Gasteiger partial charge >= 0.3 is 0 Å². The molecule has 0 aromatic heterocycles. The zero-order valence-corrected chi connectivity index (χ0v) is 11.3. The lowest BCUT2D eigenvalue weighted by Crippen LogP contribution is -2.47. The van der Waals surface area contributed by atoms with Gasteiger partial charge in [0, 0.05) is 11.5 Å². The Morgan fingerprint density at radius 1 is 1.31 bits per heavy atom. The molecule has 16 heavy (non-hydrogen) atoms. The van der Waals surface area contributed by atoms with Crippen LogP contribution >= 0.6 is 0 Å². The summed E-state index contributed by atoms with van der Waals surface area (Å²) in [6.45, 7) is 8.81. The van der Waals surface area contributed by atoms with E-state index in [4.69, 9.17) is 4.55 Å². The first-order chi connectivity index (χ1) is 6.93. The second-order valence-electron chi connectivity index (χ2n) is 5.32. The summed E-state index contributed by atoms with van der Waals surface area (Å²) in [6.07, 6.45) is 0. The van der Waals surface area contributed by atoms with E-state index < -0.39 is 27.3 Å². The van der Waals surface area contributed by atoms with Gasteiger partial charge in [-0.2, -0.15) is 8.42 Å². The Hall–Kier alpha value is -0.620. The van der Waals surface area contributed by atoms with Crippen molar-refractivity contribution in [3.63, 3.8) is 0 Å². The number of carbonyl (C=O) groups excluding carboxylic acids is 1. The van der Waals surface area contributed by atoms with E-state index in [0.29, 0.717) is 0 Å². The largest absolute Gasteiger partial charge is 0.352 e. The molecule has 0 saturated heterocycles. The van der Waals surface area contributed by atoms with Gasteiger partial charge < -0.3 is 5.32 Å². The molecule has 1 unspecified atom stereocenters. The summed E-state index contributed by atoms with van der Waals surface area (Å²) >= 11 is 0. The van der Waals surface area contributed by atoms with Gasteiger partial charge in [-0.05, 0) is 5.92 Å². The number of hydrogen-bond acceptors (Lipinski definition) is 3. The molecule has 0 aliphatic rings. The third kappa shape index (κ3) is 6.07. The minimum Gasteiger partial charge on any atom is -0.352 e. The van der Waals surface area contributed by atoms with Crippen LogP contribution in [0.5, 0.6) is 0 Å². The summed E-state index contributed by atoms with van der Waals surface area (Å²) in [7, 11) is -4.07. The van der Waals surface area contributed by atoms with Gasteiger partial charge in [0.05, 0.1) is 5.75 Å². The lowest BCUT2D eigenvalue weighted by Gasteiger charge is -2.26. The fourth-order valence-electron chi connectivity index (χ4n) is 1.01. The van der Waals surface area contributed by atoms with Gasteiger partial charge in [0.25, 0.3) is 10.1 Å². The standard InChI is InChI=1S/C10H21NO4S/c1-7(2)8(6-16(13,14)15)11-9(12)10(3,4)5/h7-8H,6H2,1-5H3,(H,11,12)(H,13,14,15). The molecule has 0 aromatic carbocycles. The van der Waals surface area contributed by atoms with Crippen molar-refractivity contribution in [3.05, 3.63) is 0 Å². The fourth-order valence-corrected chi connectivity index (χ4v) is 1.93. The normalized spacial score (nSPS) is 14.9. The fraction of sp³-hybridized carbons (Fsp3) is 0.900. The second kappa shape index (κ2) is 5.14. The molecule has 0 bridgehead atoms. The smallest absolute Gasteiger partial charge is 0.266 e. The Kier molecular flexibility index (Phi) is 4.94. The molecule has 5 nitrogen and oxygen atoms in total. The predicted molar refractivity (Wildman–Crippen MR) is 62.6 cm³/mol. The van der Waals surface area contributed by atoms with Crippen LogP contribution in [0.4, 0.5) is 0 Å². The molecule has 96 valence electrons. The number of hydrogen-bond donors (Lipinski definition) is 2. The summed E-state index contributed by atoms with van der Waals surface area (Å²) in [5, 5.41) is 2.63. The zero-order chi connectivity index (χ0) is 13.1. The molecule has 0 heterocycles. The van der Waals surface area contributed by atoms with Gasteiger partial charge in [-0.3, -0.25) is 9.35 Å². The molecule has 0 saturated carbocycles. The Morgan fingerprint density at radius 3 is 2.00 bits per heavy atom. The second-order valence-corrected chi connectivity index (χ2v) is 6.82. The summed E-state index contributed by atoms with van der Waals surface area (Å²) in [5.74, 6) is -0.741. The quantitative estimate of drug-likeness (QED) is 0.732. The van der Waals surface area contributed by atoms with E-state index >= 15 is 0 Å². The highest BCUT2D eigenvalue weighted by Crippen LogP contribution is 2.14. The summed E-state index contributed by atoms with van der Waals surface area (Å²) in [6, 6.07) is -0.568. The molecule has 0 fully saturated rings. The van der Waals surface area contributed by atoms with Gasteiger partial charge in [0.1, 0.15) is 0 Å². The lowest BCUT2D eigenvalue weighted by molar-refractivity contribution is -0.129. The average Bonchev–Trinajstić information content (AvgIpc) is 1.98. The highest BCUT2D eigenvalue weighted by atomic mass is 32.2. The Bertz CT molecular complexity index is 340. The topological polar surface area (TPSA) is 83.5 Å². The Labute approximate surface area is 97.4 Å². The van der Waals surface area contributed by atoms with Crippen LogP contribution in [0.25, 0.3) is 0 Å². The zero-order valence-electron chi connectivity index (χ0n) is 10.4. The number of amides is 1. The average molecular weight is 251 g/mol. The monoisotopic (exact) mass is 251 g/mol. The summed E-state index contributed by atoms with van der Waals surface area (Å²) in [4.78, 5) is 11.7. The first kappa shape index (κ1) is 15.4. The van der Waals surface area contributed by atoms with Crippen molar-refractivity contribution < 1.29 is 17.8 Å². The van der Waals surface area contributed by atoms with E-state index in [2.05, 4.69) is 5.32 Å². The maximum absolute atomic E-state index is 11.7. The molecular formula is C10H21NO4S. The number of nitrogens with one attached hydrogen (secondary N) is 1. The first-order valence-corrected chi connectivity index (χ1v) is 6.80. The van der Waals surface area contributed by atoms with Crippen molar-refractivity contribution in [3.8, 4) is 0 Å². The van der Waals surface area contributed by atoms with Gasteiger partial charge in [-0.1, -0.05) is 34.6 Å². The van der Waals surface area contributed by atoms with Crippen LogP contribution in [0.3, 0.4) is 0 Å². The van der Waals surface area contributed by atoms with Crippen LogP contribution < -0.4 is 5.32 Å². The summed E-state index contributed by atoms with van der Waals surface area (Å²) < 4.78 is 30.3. The number of carbonyl (C=O) groups is 1. The van der Waals surface area contributed by atoms with Crippen molar-refractivity contribution in [2.45, 2.75) is 40.7 Å².